The summed E-state index contributed by atoms with van der Waals surface area (Å²) >= 11 is 0. The Morgan fingerprint density at radius 2 is 1.34 bits per heavy atom. The van der Waals surface area contributed by atoms with Crippen LogP contribution in [0.4, 0.5) is 22.7 Å². The predicted octanol–water partition coefficient (Wildman–Crippen LogP) is 4.92. The second kappa shape index (κ2) is 13.7. The Balaban J connectivity index is 1.12. The van der Waals surface area contributed by atoms with Crippen molar-refractivity contribution >= 4 is 28.7 Å². The minimum atomic E-state index is -1.05. The fourth-order valence-electron chi connectivity index (χ4n) is 6.16. The van der Waals surface area contributed by atoms with Crippen LogP contribution in [0, 0.1) is 20.2 Å². The normalized spacial score (nSPS) is 15.0. The molecule has 1 aliphatic heterocycles. The highest BCUT2D eigenvalue weighted by Gasteiger charge is 2.42. The second-order valence-electron chi connectivity index (χ2n) is 12.1. The van der Waals surface area contributed by atoms with Gasteiger partial charge in [-0.1, -0.05) is 34.7 Å². The van der Waals surface area contributed by atoms with Crippen molar-refractivity contribution in [2.24, 2.45) is 0 Å². The molecule has 1 amide bonds. The maximum absolute atomic E-state index is 13.4. The molecule has 4 aromatic carbocycles. The largest absolute Gasteiger partial charge is 0.496 e. The molecule has 6 aromatic rings. The van der Waals surface area contributed by atoms with E-state index in [9.17, 15) is 25.0 Å². The molecule has 3 heterocycles. The molecule has 2 aromatic heterocycles. The van der Waals surface area contributed by atoms with Gasteiger partial charge >= 0.3 is 0 Å². The number of nitrogens with zero attached hydrogens (tertiary/aromatic N) is 9. The molecule has 0 radical (unpaired) electrons. The Morgan fingerprint density at radius 1 is 0.774 bits per heavy atom. The predicted molar refractivity (Wildman–Crippen MR) is 190 cm³/mol. The minimum absolute atomic E-state index is 0.171. The van der Waals surface area contributed by atoms with Gasteiger partial charge in [0.1, 0.15) is 39.9 Å². The molecule has 0 saturated heterocycles. The Hall–Kier alpha value is -7.37. The molecular formula is C35H31N11O7. The number of hydrogen-bond donors (Lipinski definition) is 2. The van der Waals surface area contributed by atoms with Gasteiger partial charge in [0.15, 0.2) is 0 Å². The fourth-order valence-corrected chi connectivity index (χ4v) is 6.16. The number of anilines is 2. The van der Waals surface area contributed by atoms with Crippen LogP contribution >= 0.6 is 0 Å². The number of nitro benzene ring substituents is 2. The molecule has 0 aliphatic carbocycles. The Kier molecular flexibility index (Phi) is 8.84. The van der Waals surface area contributed by atoms with Crippen LogP contribution in [0.3, 0.4) is 0 Å². The smallest absolute Gasteiger partial charge is 0.298 e. The summed E-state index contributed by atoms with van der Waals surface area (Å²) in [5.74, 6) is 0.439. The molecule has 18 heteroatoms. The van der Waals surface area contributed by atoms with Gasteiger partial charge in [-0.25, -0.2) is 9.36 Å². The number of carbonyl (C=O) groups is 1. The average Bonchev–Trinajstić information content (AvgIpc) is 3.85. The summed E-state index contributed by atoms with van der Waals surface area (Å²) in [4.78, 5) is 37.9. The molecule has 0 fully saturated rings. The number of fused-ring (bicyclic) bond motifs is 1. The standard InChI is InChI=1S/C35H31N11O7/c1-35(22-8-10-23(11-9-22)36-18-24-20-43(40-38-24)30-14-12-26(52-2)16-32(30)45(48)49)37-34(47)28-6-4-5-7-29(28)42(35)19-25-21-44(41-39-25)31-15-13-27(53-3)17-33(31)46(50)51/h4-17,20-21,36H,18-19H2,1-3H3,(H,37,47). The summed E-state index contributed by atoms with van der Waals surface area (Å²) in [5, 5.41) is 46.7. The van der Waals surface area contributed by atoms with Gasteiger partial charge in [0.2, 0.25) is 0 Å². The number of methoxy groups -OCH3 is 2. The third-order valence-corrected chi connectivity index (χ3v) is 8.91. The lowest BCUT2D eigenvalue weighted by Gasteiger charge is -2.47. The maximum Gasteiger partial charge on any atom is 0.298 e. The molecule has 1 atom stereocenters. The number of aromatic nitrogens is 6. The summed E-state index contributed by atoms with van der Waals surface area (Å²) in [5.41, 5.74) is 2.77. The molecule has 7 rings (SSSR count). The second-order valence-corrected chi connectivity index (χ2v) is 12.1. The van der Waals surface area contributed by atoms with Crippen LogP contribution in [0.2, 0.25) is 0 Å². The average molecular weight is 718 g/mol. The molecular weight excluding hydrogens is 686 g/mol. The van der Waals surface area contributed by atoms with E-state index in [1.807, 2.05) is 48.2 Å². The van der Waals surface area contributed by atoms with Gasteiger partial charge in [-0.3, -0.25) is 25.0 Å². The van der Waals surface area contributed by atoms with Crippen molar-refractivity contribution in [3.63, 3.8) is 0 Å². The summed E-state index contributed by atoms with van der Waals surface area (Å²) in [6, 6.07) is 23.7. The van der Waals surface area contributed by atoms with Crippen LogP contribution in [0.15, 0.2) is 97.3 Å². The zero-order valence-electron chi connectivity index (χ0n) is 28.5. The number of hydrogen-bond acceptors (Lipinski definition) is 13. The van der Waals surface area contributed by atoms with Crippen molar-refractivity contribution in [2.75, 3.05) is 24.4 Å². The van der Waals surface area contributed by atoms with E-state index in [0.29, 0.717) is 34.1 Å². The lowest BCUT2D eigenvalue weighted by atomic mass is 9.93. The molecule has 1 unspecified atom stereocenters. The number of nitrogens with one attached hydrogen (secondary N) is 2. The van der Waals surface area contributed by atoms with Gasteiger partial charge in [-0.2, -0.15) is 0 Å². The van der Waals surface area contributed by atoms with Gasteiger partial charge in [-0.05, 0) is 61.0 Å². The zero-order valence-corrected chi connectivity index (χ0v) is 28.5. The van der Waals surface area contributed by atoms with Crippen molar-refractivity contribution in [2.45, 2.75) is 25.7 Å². The van der Waals surface area contributed by atoms with Crippen molar-refractivity contribution in [3.8, 4) is 22.9 Å². The molecule has 0 saturated carbocycles. The molecule has 1 aliphatic rings. The SMILES string of the molecule is COc1ccc(-n2cc(CNc3ccc(C4(C)NC(=O)c5ccccc5N4Cc4cn(-c5ccc(OC)cc5[N+](=O)[O-])nn4)cc3)nn2)c([N+](=O)[O-])c1. The van der Waals surface area contributed by atoms with E-state index in [-0.39, 0.29) is 41.7 Å². The third kappa shape index (κ3) is 6.51. The van der Waals surface area contributed by atoms with Crippen LogP contribution in [0.1, 0.15) is 34.2 Å². The first-order valence-electron chi connectivity index (χ1n) is 16.1. The highest BCUT2D eigenvalue weighted by Crippen LogP contribution is 2.39. The number of amides is 1. The molecule has 53 heavy (non-hydrogen) atoms. The lowest BCUT2D eigenvalue weighted by molar-refractivity contribution is -0.384. The molecule has 2 N–H and O–H groups in total. The van der Waals surface area contributed by atoms with E-state index in [4.69, 9.17) is 9.47 Å². The van der Waals surface area contributed by atoms with E-state index in [1.54, 1.807) is 48.8 Å². The maximum atomic E-state index is 13.4. The first-order valence-corrected chi connectivity index (χ1v) is 16.1. The van der Waals surface area contributed by atoms with E-state index >= 15 is 0 Å². The first-order chi connectivity index (χ1) is 25.6. The highest BCUT2D eigenvalue weighted by atomic mass is 16.6. The zero-order chi connectivity index (χ0) is 37.3. The van der Waals surface area contributed by atoms with Crippen LogP contribution in [0.25, 0.3) is 11.4 Å². The fraction of sp³-hybridized carbons (Fsp3) is 0.171. The van der Waals surface area contributed by atoms with Crippen molar-refractivity contribution < 1.29 is 24.1 Å². The topological polar surface area (TPSA) is 211 Å². The molecule has 268 valence electrons. The highest BCUT2D eigenvalue weighted by molar-refractivity contribution is 6.02. The molecule has 0 spiro atoms. The van der Waals surface area contributed by atoms with E-state index in [1.165, 1.54) is 35.7 Å². The molecule has 0 bridgehead atoms. The minimum Gasteiger partial charge on any atom is -0.496 e. The van der Waals surface area contributed by atoms with Gasteiger partial charge in [0.25, 0.3) is 17.3 Å². The van der Waals surface area contributed by atoms with Gasteiger partial charge < -0.3 is 25.0 Å². The van der Waals surface area contributed by atoms with Crippen LogP contribution in [-0.4, -0.2) is 60.0 Å². The van der Waals surface area contributed by atoms with E-state index in [2.05, 4.69) is 31.3 Å². The first kappa shape index (κ1) is 34.1. The Labute approximate surface area is 300 Å². The summed E-state index contributed by atoms with van der Waals surface area (Å²) < 4.78 is 13.0. The number of benzene rings is 4. The van der Waals surface area contributed by atoms with E-state index < -0.39 is 15.5 Å². The van der Waals surface area contributed by atoms with Crippen molar-refractivity contribution in [3.05, 3.63) is 140 Å². The van der Waals surface area contributed by atoms with Crippen LogP contribution in [-0.2, 0) is 18.8 Å². The number of para-hydroxylation sites is 1. The summed E-state index contributed by atoms with van der Waals surface area (Å²) in [6.45, 7) is 2.36. The van der Waals surface area contributed by atoms with Gasteiger partial charge in [-0.15, -0.1) is 10.2 Å². The quantitative estimate of drug-likeness (QED) is 0.127. The van der Waals surface area contributed by atoms with Gasteiger partial charge in [0.05, 0.1) is 72.9 Å². The lowest BCUT2D eigenvalue weighted by Crippen LogP contribution is -2.59. The van der Waals surface area contributed by atoms with Crippen LogP contribution in [0.5, 0.6) is 11.5 Å². The number of carbonyl (C=O) groups excluding carboxylic acids is 1. The monoisotopic (exact) mass is 717 g/mol. The number of nitro groups is 2. The van der Waals surface area contributed by atoms with E-state index in [0.717, 1.165) is 11.3 Å². The van der Waals surface area contributed by atoms with Gasteiger partial charge in [0, 0.05) is 5.69 Å². The van der Waals surface area contributed by atoms with Crippen molar-refractivity contribution in [1.29, 1.82) is 0 Å². The summed E-state index contributed by atoms with van der Waals surface area (Å²) in [7, 11) is 2.86. The number of ether oxygens (including phenoxy) is 2. The molecule has 18 nitrogen and oxygen atoms in total. The Morgan fingerprint density at radius 3 is 1.92 bits per heavy atom. The number of rotatable bonds is 12. The third-order valence-electron chi connectivity index (χ3n) is 8.91. The Bertz CT molecular complexity index is 2360. The summed E-state index contributed by atoms with van der Waals surface area (Å²) in [6.07, 6.45) is 3.22. The van der Waals surface area contributed by atoms with Crippen molar-refractivity contribution in [1.82, 2.24) is 35.3 Å². The van der Waals surface area contributed by atoms with Crippen LogP contribution < -0.4 is 25.0 Å².